The van der Waals surface area contributed by atoms with Gasteiger partial charge in [0.05, 0.1) is 0 Å². The van der Waals surface area contributed by atoms with E-state index < -0.39 is 26.5 Å². The Bertz CT molecular complexity index is 405. The first-order chi connectivity index (χ1) is 10.7. The van der Waals surface area contributed by atoms with Gasteiger partial charge < -0.3 is 14.7 Å². The lowest BCUT2D eigenvalue weighted by atomic mass is 10.0. The molecular formula is C16H34O5P2. The smallest absolute Gasteiger partial charge is 0.335 e. The molecule has 0 rings (SSSR count). The van der Waals surface area contributed by atoms with E-state index in [0.29, 0.717) is 19.3 Å². The van der Waals surface area contributed by atoms with Crippen LogP contribution in [0.1, 0.15) is 77.6 Å². The van der Waals surface area contributed by atoms with E-state index in [-0.39, 0.29) is 0 Å². The standard InChI is InChI=1S/C16H34O5P2/c1-3-5-7-8-9-10-11-12-14-16(13-6-4-2)22(17,18)15-23(19,20)21/h4,16H,2-3,5-15H2,1H3,(H,17,18)(H2,19,20,21). The highest BCUT2D eigenvalue weighted by Crippen LogP contribution is 2.59. The second kappa shape index (κ2) is 12.4. The maximum Gasteiger partial charge on any atom is 0.335 e. The molecule has 0 spiro atoms. The van der Waals surface area contributed by atoms with Crippen LogP contribution in [0, 0.1) is 0 Å². The first kappa shape index (κ1) is 23.1. The van der Waals surface area contributed by atoms with Gasteiger partial charge in [-0.15, -0.1) is 6.58 Å². The molecule has 5 nitrogen and oxygen atoms in total. The summed E-state index contributed by atoms with van der Waals surface area (Å²) in [7, 11) is -8.31. The monoisotopic (exact) mass is 368 g/mol. The van der Waals surface area contributed by atoms with E-state index in [1.54, 1.807) is 6.08 Å². The Morgan fingerprint density at radius 1 is 0.913 bits per heavy atom. The molecule has 2 atom stereocenters. The molecular weight excluding hydrogens is 334 g/mol. The normalized spacial score (nSPS) is 16.0. The van der Waals surface area contributed by atoms with Gasteiger partial charge in [0, 0.05) is 5.66 Å². The Hall–Kier alpha value is 0.0800. The molecule has 3 N–H and O–H groups in total. The lowest BCUT2D eigenvalue weighted by Gasteiger charge is -2.23. The van der Waals surface area contributed by atoms with Crippen molar-refractivity contribution in [3.8, 4) is 0 Å². The second-order valence-electron chi connectivity index (χ2n) is 6.35. The van der Waals surface area contributed by atoms with Gasteiger partial charge in [0.25, 0.3) is 0 Å². The molecule has 0 heterocycles. The molecule has 0 aromatic carbocycles. The highest BCUT2D eigenvalue weighted by atomic mass is 31.2. The van der Waals surface area contributed by atoms with Gasteiger partial charge in [-0.1, -0.05) is 64.4 Å². The fraction of sp³-hybridized carbons (Fsp3) is 0.875. The molecule has 0 saturated heterocycles. The van der Waals surface area contributed by atoms with E-state index >= 15 is 0 Å². The zero-order valence-electron chi connectivity index (χ0n) is 14.4. The second-order valence-corrected chi connectivity index (χ2v) is 11.0. The molecule has 138 valence electrons. The van der Waals surface area contributed by atoms with Crippen molar-refractivity contribution in [1.29, 1.82) is 0 Å². The predicted octanol–water partition coefficient (Wildman–Crippen LogP) is 5.26. The van der Waals surface area contributed by atoms with Crippen molar-refractivity contribution in [2.45, 2.75) is 83.2 Å². The van der Waals surface area contributed by atoms with E-state index in [4.69, 9.17) is 9.79 Å². The van der Waals surface area contributed by atoms with Crippen LogP contribution in [0.5, 0.6) is 0 Å². The quantitative estimate of drug-likeness (QED) is 0.208. The van der Waals surface area contributed by atoms with E-state index in [9.17, 15) is 14.0 Å². The molecule has 23 heavy (non-hydrogen) atoms. The van der Waals surface area contributed by atoms with Gasteiger partial charge in [-0.2, -0.15) is 0 Å². The van der Waals surface area contributed by atoms with Crippen LogP contribution in [0.2, 0.25) is 0 Å². The minimum Gasteiger partial charge on any atom is -0.344 e. The maximum absolute atomic E-state index is 12.3. The van der Waals surface area contributed by atoms with Crippen LogP contribution in [0.25, 0.3) is 0 Å². The third-order valence-electron chi connectivity index (χ3n) is 4.05. The zero-order chi connectivity index (χ0) is 17.8. The first-order valence-corrected chi connectivity index (χ1v) is 12.4. The van der Waals surface area contributed by atoms with E-state index in [2.05, 4.69) is 13.5 Å². The Labute approximate surface area is 141 Å². The topological polar surface area (TPSA) is 94.8 Å². The van der Waals surface area contributed by atoms with Gasteiger partial charge in [0.2, 0.25) is 7.37 Å². The third-order valence-corrected chi connectivity index (χ3v) is 8.80. The van der Waals surface area contributed by atoms with Crippen molar-refractivity contribution >= 4 is 15.0 Å². The fourth-order valence-electron chi connectivity index (χ4n) is 2.75. The van der Waals surface area contributed by atoms with Gasteiger partial charge in [0.15, 0.2) is 0 Å². The molecule has 2 unspecified atom stereocenters. The van der Waals surface area contributed by atoms with Gasteiger partial charge >= 0.3 is 7.60 Å². The zero-order valence-corrected chi connectivity index (χ0v) is 16.2. The van der Waals surface area contributed by atoms with Gasteiger partial charge in [-0.05, 0) is 19.3 Å². The lowest BCUT2D eigenvalue weighted by molar-refractivity contribution is 0.374. The molecule has 0 aliphatic heterocycles. The predicted molar refractivity (Wildman–Crippen MR) is 97.2 cm³/mol. The molecule has 0 radical (unpaired) electrons. The number of hydrogen-bond acceptors (Lipinski definition) is 2. The molecule has 0 bridgehead atoms. The molecule has 0 aliphatic rings. The Morgan fingerprint density at radius 3 is 1.91 bits per heavy atom. The lowest BCUT2D eigenvalue weighted by Crippen LogP contribution is -2.11. The van der Waals surface area contributed by atoms with Crippen molar-refractivity contribution in [2.24, 2.45) is 0 Å². The SMILES string of the molecule is C=CCCC(CCCCCCCCCC)P(=O)(O)CP(=O)(O)O. The summed E-state index contributed by atoms with van der Waals surface area (Å²) in [5.41, 5.74) is -0.534. The summed E-state index contributed by atoms with van der Waals surface area (Å²) in [6.07, 6.45) is 12.5. The molecule has 0 aromatic rings. The summed E-state index contributed by atoms with van der Waals surface area (Å²) in [6.45, 7) is 5.80. The van der Waals surface area contributed by atoms with E-state index in [1.165, 1.54) is 32.1 Å². The molecule has 0 aromatic heterocycles. The van der Waals surface area contributed by atoms with Crippen LogP contribution < -0.4 is 0 Å². The molecule has 0 amide bonds. The highest BCUT2D eigenvalue weighted by Gasteiger charge is 2.36. The van der Waals surface area contributed by atoms with Crippen LogP contribution in [0.4, 0.5) is 0 Å². The van der Waals surface area contributed by atoms with Crippen molar-refractivity contribution in [3.63, 3.8) is 0 Å². The van der Waals surface area contributed by atoms with Crippen molar-refractivity contribution < 1.29 is 23.8 Å². The third kappa shape index (κ3) is 13.1. The van der Waals surface area contributed by atoms with E-state index in [0.717, 1.165) is 19.3 Å². The summed E-state index contributed by atoms with van der Waals surface area (Å²) in [6, 6.07) is 0. The summed E-state index contributed by atoms with van der Waals surface area (Å²) in [5.74, 6) is -0.904. The molecule has 7 heteroatoms. The van der Waals surface area contributed by atoms with Crippen LogP contribution in [-0.2, 0) is 9.13 Å². The minimum atomic E-state index is -4.47. The average Bonchev–Trinajstić information content (AvgIpc) is 2.42. The Morgan fingerprint density at radius 2 is 1.43 bits per heavy atom. The summed E-state index contributed by atoms with van der Waals surface area (Å²) in [4.78, 5) is 28.1. The molecule has 0 fully saturated rings. The van der Waals surface area contributed by atoms with Crippen molar-refractivity contribution in [1.82, 2.24) is 0 Å². The summed E-state index contributed by atoms with van der Waals surface area (Å²) in [5, 5.41) is 0. The average molecular weight is 368 g/mol. The fourth-order valence-corrected chi connectivity index (χ4v) is 6.93. The summed E-state index contributed by atoms with van der Waals surface area (Å²) < 4.78 is 23.4. The van der Waals surface area contributed by atoms with Gasteiger partial charge in [-0.25, -0.2) is 0 Å². The van der Waals surface area contributed by atoms with Crippen LogP contribution in [0.15, 0.2) is 12.7 Å². The Kier molecular flexibility index (Phi) is 12.5. The van der Waals surface area contributed by atoms with Gasteiger partial charge in [0.1, 0.15) is 5.90 Å². The molecule has 0 aliphatic carbocycles. The summed E-state index contributed by atoms with van der Waals surface area (Å²) >= 11 is 0. The number of allylic oxidation sites excluding steroid dienone is 1. The first-order valence-electron chi connectivity index (χ1n) is 8.70. The Balaban J connectivity index is 4.22. The minimum absolute atomic E-state index is 0.466. The molecule has 0 saturated carbocycles. The largest absolute Gasteiger partial charge is 0.344 e. The highest BCUT2D eigenvalue weighted by molar-refractivity contribution is 7.73. The number of rotatable bonds is 15. The van der Waals surface area contributed by atoms with Crippen molar-refractivity contribution in [2.75, 3.05) is 5.90 Å². The number of hydrogen-bond donors (Lipinski definition) is 3. The van der Waals surface area contributed by atoms with Crippen LogP contribution >= 0.6 is 15.0 Å². The van der Waals surface area contributed by atoms with Crippen LogP contribution in [0.3, 0.4) is 0 Å². The maximum atomic E-state index is 12.3. The van der Waals surface area contributed by atoms with E-state index in [1.807, 2.05) is 0 Å². The van der Waals surface area contributed by atoms with Crippen molar-refractivity contribution in [3.05, 3.63) is 12.7 Å². The van der Waals surface area contributed by atoms with Gasteiger partial charge in [-0.3, -0.25) is 9.13 Å². The van der Waals surface area contributed by atoms with Crippen LogP contribution in [-0.4, -0.2) is 26.2 Å². The number of unbranched alkanes of at least 4 members (excludes halogenated alkanes) is 7.